The third kappa shape index (κ3) is 4.57. The third-order valence-corrected chi connectivity index (χ3v) is 4.23. The van der Waals surface area contributed by atoms with E-state index in [1.807, 2.05) is 24.3 Å². The summed E-state index contributed by atoms with van der Waals surface area (Å²) in [5, 5.41) is 6.52. The van der Waals surface area contributed by atoms with Crippen LogP contribution in [0, 0.1) is 0 Å². The first-order valence-corrected chi connectivity index (χ1v) is 8.97. The van der Waals surface area contributed by atoms with E-state index in [0.717, 1.165) is 11.3 Å². The van der Waals surface area contributed by atoms with Crippen molar-refractivity contribution in [3.05, 3.63) is 59.7 Å². The van der Waals surface area contributed by atoms with Crippen LogP contribution in [-0.2, 0) is 13.0 Å². The number of amides is 1. The van der Waals surface area contributed by atoms with Gasteiger partial charge in [-0.05, 0) is 36.2 Å². The Morgan fingerprint density at radius 3 is 2.72 bits per heavy atom. The van der Waals surface area contributed by atoms with E-state index in [1.54, 1.807) is 25.3 Å². The van der Waals surface area contributed by atoms with E-state index >= 15 is 0 Å². The predicted molar refractivity (Wildman–Crippen MR) is 100 cm³/mol. The van der Waals surface area contributed by atoms with E-state index in [2.05, 4.69) is 15.5 Å². The molecule has 0 bridgehead atoms. The van der Waals surface area contributed by atoms with Crippen LogP contribution in [0.15, 0.2) is 47.0 Å². The number of rotatable bonds is 8. The second kappa shape index (κ2) is 8.51. The fourth-order valence-corrected chi connectivity index (χ4v) is 2.71. The number of carbonyl (C=O) groups is 1. The maximum atomic E-state index is 12.2. The summed E-state index contributed by atoms with van der Waals surface area (Å²) in [6.07, 6.45) is 0.671. The number of carbonyl (C=O) groups excluding carboxylic acids is 1. The van der Waals surface area contributed by atoms with E-state index in [-0.39, 0.29) is 25.1 Å². The topological polar surface area (TPSA) is 105 Å². The molecule has 4 rings (SSSR count). The van der Waals surface area contributed by atoms with Gasteiger partial charge in [0, 0.05) is 12.6 Å². The molecule has 3 aromatic rings. The minimum atomic E-state index is -0.430. The summed E-state index contributed by atoms with van der Waals surface area (Å²) in [5.74, 6) is 2.38. The molecule has 0 spiro atoms. The molecule has 0 saturated heterocycles. The first-order valence-electron chi connectivity index (χ1n) is 8.97. The molecule has 1 aromatic heterocycles. The van der Waals surface area contributed by atoms with Crippen molar-refractivity contribution in [2.75, 3.05) is 20.4 Å². The lowest BCUT2D eigenvalue weighted by atomic mass is 10.1. The Balaban J connectivity index is 1.25. The van der Waals surface area contributed by atoms with Crippen molar-refractivity contribution < 1.29 is 28.3 Å². The smallest absolute Gasteiger partial charge is 0.316 e. The number of ether oxygens (including phenoxy) is 4. The van der Waals surface area contributed by atoms with Gasteiger partial charge in [0.2, 0.25) is 12.6 Å². The van der Waals surface area contributed by atoms with Crippen LogP contribution in [0.5, 0.6) is 23.0 Å². The summed E-state index contributed by atoms with van der Waals surface area (Å²) in [7, 11) is 1.62. The van der Waals surface area contributed by atoms with Gasteiger partial charge in [0.25, 0.3) is 0 Å². The molecule has 0 fully saturated rings. The highest BCUT2D eigenvalue weighted by atomic mass is 16.7. The fourth-order valence-electron chi connectivity index (χ4n) is 2.71. The molecular formula is C20H19N3O6. The van der Waals surface area contributed by atoms with Crippen molar-refractivity contribution in [1.29, 1.82) is 0 Å². The van der Waals surface area contributed by atoms with Crippen molar-refractivity contribution in [3.8, 4) is 23.0 Å². The summed E-state index contributed by atoms with van der Waals surface area (Å²) in [6.45, 7) is 0.694. The summed E-state index contributed by atoms with van der Waals surface area (Å²) >= 11 is 0. The van der Waals surface area contributed by atoms with Gasteiger partial charge in [-0.3, -0.25) is 4.79 Å². The normalized spacial score (nSPS) is 11.9. The van der Waals surface area contributed by atoms with Crippen LogP contribution < -0.4 is 24.3 Å². The molecule has 1 aliphatic rings. The van der Waals surface area contributed by atoms with Gasteiger partial charge in [0.05, 0.1) is 7.11 Å². The van der Waals surface area contributed by atoms with Crippen LogP contribution in [0.25, 0.3) is 0 Å². The van der Waals surface area contributed by atoms with Crippen LogP contribution in [0.4, 0.5) is 0 Å². The van der Waals surface area contributed by atoms with Crippen LogP contribution >= 0.6 is 0 Å². The fraction of sp³-hybridized carbons (Fsp3) is 0.250. The molecule has 29 heavy (non-hydrogen) atoms. The van der Waals surface area contributed by atoms with Crippen LogP contribution in [0.1, 0.15) is 22.1 Å². The number of hydrogen-bond donors (Lipinski definition) is 1. The number of nitrogens with one attached hydrogen (secondary N) is 1. The van der Waals surface area contributed by atoms with Gasteiger partial charge in [-0.15, -0.1) is 0 Å². The molecule has 2 aromatic carbocycles. The first-order chi connectivity index (χ1) is 14.2. The first kappa shape index (κ1) is 18.6. The van der Waals surface area contributed by atoms with Crippen molar-refractivity contribution in [1.82, 2.24) is 15.5 Å². The number of nitrogens with zero attached hydrogens (tertiary/aromatic N) is 2. The van der Waals surface area contributed by atoms with Crippen LogP contribution in [-0.4, -0.2) is 36.5 Å². The van der Waals surface area contributed by atoms with Crippen LogP contribution in [0.2, 0.25) is 0 Å². The maximum Gasteiger partial charge on any atom is 0.316 e. The maximum absolute atomic E-state index is 12.2. The highest BCUT2D eigenvalue weighted by Crippen LogP contribution is 2.35. The van der Waals surface area contributed by atoms with E-state index in [0.29, 0.717) is 30.2 Å². The molecule has 2 heterocycles. The summed E-state index contributed by atoms with van der Waals surface area (Å²) in [4.78, 5) is 16.2. The lowest BCUT2D eigenvalue weighted by Gasteiger charge is -2.04. The molecule has 9 heteroatoms. The predicted octanol–water partition coefficient (Wildman–Crippen LogP) is 2.36. The van der Waals surface area contributed by atoms with Gasteiger partial charge in [-0.2, -0.15) is 4.98 Å². The lowest BCUT2D eigenvalue weighted by molar-refractivity contribution is 0.0910. The Kier molecular flexibility index (Phi) is 5.46. The van der Waals surface area contributed by atoms with E-state index in [9.17, 15) is 4.79 Å². The van der Waals surface area contributed by atoms with Crippen molar-refractivity contribution in [2.24, 2.45) is 0 Å². The van der Waals surface area contributed by atoms with E-state index in [4.69, 9.17) is 23.5 Å². The van der Waals surface area contributed by atoms with Gasteiger partial charge in [0.1, 0.15) is 11.5 Å². The molecular weight excluding hydrogens is 378 g/mol. The largest absolute Gasteiger partial charge is 0.497 e. The van der Waals surface area contributed by atoms with E-state index < -0.39 is 5.91 Å². The summed E-state index contributed by atoms with van der Waals surface area (Å²) in [5.41, 5.74) is 1.08. The van der Waals surface area contributed by atoms with Gasteiger partial charge in [-0.1, -0.05) is 17.3 Å². The van der Waals surface area contributed by atoms with Gasteiger partial charge in [-0.25, -0.2) is 0 Å². The van der Waals surface area contributed by atoms with Gasteiger partial charge >= 0.3 is 11.8 Å². The van der Waals surface area contributed by atoms with Crippen LogP contribution in [0.3, 0.4) is 0 Å². The molecule has 1 aliphatic heterocycles. The minimum absolute atomic E-state index is 0.0578. The molecule has 0 radical (unpaired) electrons. The summed E-state index contributed by atoms with van der Waals surface area (Å²) in [6, 6.07) is 12.9. The van der Waals surface area contributed by atoms with Crippen molar-refractivity contribution in [3.63, 3.8) is 0 Å². The molecule has 0 unspecified atom stereocenters. The molecule has 0 atom stereocenters. The quantitative estimate of drug-likeness (QED) is 0.618. The van der Waals surface area contributed by atoms with Gasteiger partial charge in [0.15, 0.2) is 18.1 Å². The number of aromatic nitrogens is 2. The molecule has 1 N–H and O–H groups in total. The zero-order chi connectivity index (χ0) is 20.1. The summed E-state index contributed by atoms with van der Waals surface area (Å²) < 4.78 is 26.3. The zero-order valence-electron chi connectivity index (χ0n) is 15.7. The van der Waals surface area contributed by atoms with Crippen molar-refractivity contribution in [2.45, 2.75) is 13.0 Å². The number of methoxy groups -OCH3 is 1. The number of benzene rings is 2. The third-order valence-electron chi connectivity index (χ3n) is 4.23. The standard InChI is InChI=1S/C20H19N3O6/c1-25-14-4-2-13(3-5-14)8-9-21-19(24)20-22-18(23-29-20)11-26-15-6-7-16-17(10-15)28-12-27-16/h2-7,10H,8-9,11-12H2,1H3,(H,21,24). The number of fused-ring (bicyclic) bond motifs is 1. The zero-order valence-corrected chi connectivity index (χ0v) is 15.7. The van der Waals surface area contributed by atoms with Gasteiger partial charge < -0.3 is 28.8 Å². The Morgan fingerprint density at radius 1 is 1.10 bits per heavy atom. The molecule has 9 nitrogen and oxygen atoms in total. The monoisotopic (exact) mass is 397 g/mol. The highest BCUT2D eigenvalue weighted by Gasteiger charge is 2.16. The molecule has 1 amide bonds. The molecule has 150 valence electrons. The van der Waals surface area contributed by atoms with E-state index in [1.165, 1.54) is 0 Å². The Labute approximate surface area is 166 Å². The minimum Gasteiger partial charge on any atom is -0.497 e. The Hall–Kier alpha value is -3.75. The Morgan fingerprint density at radius 2 is 1.90 bits per heavy atom. The second-order valence-electron chi connectivity index (χ2n) is 6.17. The molecule has 0 aliphatic carbocycles. The average molecular weight is 397 g/mol. The SMILES string of the molecule is COc1ccc(CCNC(=O)c2nc(COc3ccc4c(c3)OCO4)no2)cc1. The lowest BCUT2D eigenvalue weighted by Crippen LogP contribution is -2.26. The second-order valence-corrected chi connectivity index (χ2v) is 6.17. The highest BCUT2D eigenvalue weighted by molar-refractivity contribution is 5.89. The molecule has 0 saturated carbocycles. The number of hydrogen-bond acceptors (Lipinski definition) is 8. The average Bonchev–Trinajstić information content (AvgIpc) is 3.42. The Bertz CT molecular complexity index is 986. The van der Waals surface area contributed by atoms with Crippen molar-refractivity contribution >= 4 is 5.91 Å².